The quantitative estimate of drug-likeness (QED) is 0.536. The Morgan fingerprint density at radius 3 is 2.71 bits per heavy atom. The number of anilines is 1. The van der Waals surface area contributed by atoms with Gasteiger partial charge in [0.05, 0.1) is 17.7 Å². The van der Waals surface area contributed by atoms with Crippen LogP contribution in [0.15, 0.2) is 47.8 Å². The fraction of sp³-hybridized carbons (Fsp3) is 0.136. The molecular formula is C22H15ClFNO5S. The lowest BCUT2D eigenvalue weighted by molar-refractivity contribution is -0.117. The molecule has 31 heavy (non-hydrogen) atoms. The molecule has 4 rings (SSSR count). The zero-order valence-electron chi connectivity index (χ0n) is 16.1. The Labute approximate surface area is 185 Å². The van der Waals surface area contributed by atoms with E-state index in [1.54, 1.807) is 31.2 Å². The molecule has 0 saturated carbocycles. The summed E-state index contributed by atoms with van der Waals surface area (Å²) in [5.74, 6) is -3.39. The van der Waals surface area contributed by atoms with Crippen LogP contribution in [-0.2, 0) is 11.2 Å². The van der Waals surface area contributed by atoms with E-state index in [0.29, 0.717) is 21.0 Å². The van der Waals surface area contributed by atoms with Crippen molar-refractivity contribution in [3.8, 4) is 5.75 Å². The number of carboxylic acids is 1. The Balaban J connectivity index is 1.69. The molecule has 0 radical (unpaired) electrons. The standard InChI is InChI=1S/C22H15ClFNO5S/c1-11(14-4-2-3-5-15(14)23)30-13-6-7-16(24)17(9-13)25-18(26)8-12-10-31-20(22(28)29)19(12)21(25)27/h2-7,9-11H,8H2,1H3,(H,28,29). The van der Waals surface area contributed by atoms with E-state index in [4.69, 9.17) is 16.3 Å². The molecule has 1 aromatic heterocycles. The number of thiophene rings is 1. The van der Waals surface area contributed by atoms with Crippen LogP contribution < -0.4 is 9.64 Å². The summed E-state index contributed by atoms with van der Waals surface area (Å²) in [4.78, 5) is 37.6. The molecule has 1 unspecified atom stereocenters. The normalized spacial score (nSPS) is 14.4. The molecule has 158 valence electrons. The molecule has 0 fully saturated rings. The number of carbonyl (C=O) groups excluding carboxylic acids is 2. The predicted molar refractivity (Wildman–Crippen MR) is 114 cm³/mol. The third kappa shape index (κ3) is 3.80. The van der Waals surface area contributed by atoms with Crippen molar-refractivity contribution in [1.82, 2.24) is 0 Å². The van der Waals surface area contributed by atoms with Gasteiger partial charge in [0.15, 0.2) is 0 Å². The Bertz CT molecular complexity index is 1220. The number of aromatic carboxylic acids is 1. The molecule has 0 bridgehead atoms. The van der Waals surface area contributed by atoms with Crippen LogP contribution in [0.2, 0.25) is 5.02 Å². The van der Waals surface area contributed by atoms with E-state index in [1.807, 2.05) is 0 Å². The first-order valence-electron chi connectivity index (χ1n) is 9.19. The monoisotopic (exact) mass is 459 g/mol. The summed E-state index contributed by atoms with van der Waals surface area (Å²) in [7, 11) is 0. The molecule has 0 aliphatic carbocycles. The van der Waals surface area contributed by atoms with Gasteiger partial charge in [-0.05, 0) is 36.1 Å². The lowest BCUT2D eigenvalue weighted by Crippen LogP contribution is -2.43. The number of fused-ring (bicyclic) bond motifs is 1. The molecule has 1 N–H and O–H groups in total. The van der Waals surface area contributed by atoms with Gasteiger partial charge in [-0.2, -0.15) is 0 Å². The first-order valence-corrected chi connectivity index (χ1v) is 10.4. The topological polar surface area (TPSA) is 83.9 Å². The molecule has 2 heterocycles. The van der Waals surface area contributed by atoms with E-state index < -0.39 is 29.7 Å². The van der Waals surface area contributed by atoms with Crippen LogP contribution in [0.3, 0.4) is 0 Å². The van der Waals surface area contributed by atoms with Gasteiger partial charge in [0, 0.05) is 16.7 Å². The summed E-state index contributed by atoms with van der Waals surface area (Å²) in [5.41, 5.74) is 0.655. The van der Waals surface area contributed by atoms with E-state index in [-0.39, 0.29) is 28.3 Å². The molecule has 0 spiro atoms. The highest BCUT2D eigenvalue weighted by Crippen LogP contribution is 2.35. The summed E-state index contributed by atoms with van der Waals surface area (Å²) < 4.78 is 20.5. The second-order valence-electron chi connectivity index (χ2n) is 6.88. The third-order valence-electron chi connectivity index (χ3n) is 4.88. The Morgan fingerprint density at radius 2 is 2.00 bits per heavy atom. The van der Waals surface area contributed by atoms with Crippen molar-refractivity contribution in [2.45, 2.75) is 19.4 Å². The number of hydrogen-bond acceptors (Lipinski definition) is 5. The Hall–Kier alpha value is -3.23. The van der Waals surface area contributed by atoms with Crippen molar-refractivity contribution in [2.75, 3.05) is 4.90 Å². The van der Waals surface area contributed by atoms with Crippen LogP contribution in [0.25, 0.3) is 0 Å². The smallest absolute Gasteiger partial charge is 0.346 e. The largest absolute Gasteiger partial charge is 0.486 e. The average molecular weight is 460 g/mol. The summed E-state index contributed by atoms with van der Waals surface area (Å²) in [6.45, 7) is 1.76. The zero-order valence-corrected chi connectivity index (χ0v) is 17.7. The van der Waals surface area contributed by atoms with Crippen molar-refractivity contribution in [3.05, 3.63) is 80.3 Å². The maximum atomic E-state index is 14.6. The maximum Gasteiger partial charge on any atom is 0.346 e. The number of halogens is 2. The number of hydrogen-bond donors (Lipinski definition) is 1. The minimum absolute atomic E-state index is 0.0905. The molecular weight excluding hydrogens is 445 g/mol. The molecule has 2 amide bonds. The molecule has 2 aromatic carbocycles. The molecule has 6 nitrogen and oxygen atoms in total. The van der Waals surface area contributed by atoms with Gasteiger partial charge in [-0.15, -0.1) is 11.3 Å². The molecule has 0 saturated heterocycles. The molecule has 1 aliphatic rings. The van der Waals surface area contributed by atoms with Crippen molar-refractivity contribution in [2.24, 2.45) is 0 Å². The second-order valence-corrected chi connectivity index (χ2v) is 8.16. The van der Waals surface area contributed by atoms with Crippen molar-refractivity contribution in [3.63, 3.8) is 0 Å². The van der Waals surface area contributed by atoms with Gasteiger partial charge < -0.3 is 9.84 Å². The van der Waals surface area contributed by atoms with Crippen LogP contribution in [0.5, 0.6) is 5.75 Å². The summed E-state index contributed by atoms with van der Waals surface area (Å²) in [6.07, 6.45) is -0.687. The second kappa shape index (κ2) is 8.13. The van der Waals surface area contributed by atoms with Gasteiger partial charge in [-0.1, -0.05) is 29.8 Å². The van der Waals surface area contributed by atoms with Gasteiger partial charge in [-0.25, -0.2) is 14.1 Å². The highest BCUT2D eigenvalue weighted by Gasteiger charge is 2.38. The SMILES string of the molecule is CC(Oc1ccc(F)c(N2C(=O)Cc3csc(C(=O)O)c3C2=O)c1)c1ccccc1Cl. The fourth-order valence-corrected chi connectivity index (χ4v) is 4.62. The molecule has 9 heteroatoms. The average Bonchev–Trinajstić information content (AvgIpc) is 3.15. The van der Waals surface area contributed by atoms with Crippen molar-refractivity contribution < 1.29 is 28.6 Å². The highest BCUT2D eigenvalue weighted by molar-refractivity contribution is 7.12. The van der Waals surface area contributed by atoms with Crippen molar-refractivity contribution >= 4 is 46.4 Å². The number of carboxylic acid groups (broad SMARTS) is 1. The van der Waals surface area contributed by atoms with Gasteiger partial charge in [-0.3, -0.25) is 9.59 Å². The van der Waals surface area contributed by atoms with E-state index in [0.717, 1.165) is 17.4 Å². The number of benzene rings is 2. The predicted octanol–water partition coefficient (Wildman–Crippen LogP) is 5.11. The van der Waals surface area contributed by atoms with Crippen LogP contribution in [0.1, 0.15) is 44.2 Å². The van der Waals surface area contributed by atoms with E-state index in [2.05, 4.69) is 0 Å². The van der Waals surface area contributed by atoms with Crippen LogP contribution in [-0.4, -0.2) is 22.9 Å². The lowest BCUT2D eigenvalue weighted by atomic mass is 10.0. The van der Waals surface area contributed by atoms with Crippen LogP contribution in [0, 0.1) is 5.82 Å². The van der Waals surface area contributed by atoms with Crippen LogP contribution in [0.4, 0.5) is 10.1 Å². The summed E-state index contributed by atoms with van der Waals surface area (Å²) >= 11 is 7.06. The Kier molecular flexibility index (Phi) is 5.51. The fourth-order valence-electron chi connectivity index (χ4n) is 3.44. The van der Waals surface area contributed by atoms with E-state index >= 15 is 0 Å². The molecule has 1 atom stereocenters. The summed E-state index contributed by atoms with van der Waals surface area (Å²) in [6, 6.07) is 10.8. The third-order valence-corrected chi connectivity index (χ3v) is 6.25. The zero-order chi connectivity index (χ0) is 22.3. The minimum Gasteiger partial charge on any atom is -0.486 e. The number of carbonyl (C=O) groups is 3. The number of nitrogens with zero attached hydrogens (tertiary/aromatic N) is 1. The summed E-state index contributed by atoms with van der Waals surface area (Å²) in [5, 5.41) is 11.3. The minimum atomic E-state index is -1.28. The van der Waals surface area contributed by atoms with Crippen LogP contribution >= 0.6 is 22.9 Å². The maximum absolute atomic E-state index is 14.6. The van der Waals surface area contributed by atoms with Gasteiger partial charge in [0.2, 0.25) is 5.91 Å². The molecule has 3 aromatic rings. The lowest BCUT2D eigenvalue weighted by Gasteiger charge is -2.26. The first-order chi connectivity index (χ1) is 14.8. The number of imide groups is 1. The Morgan fingerprint density at radius 1 is 1.26 bits per heavy atom. The van der Waals surface area contributed by atoms with E-state index in [1.165, 1.54) is 17.5 Å². The highest BCUT2D eigenvalue weighted by atomic mass is 35.5. The van der Waals surface area contributed by atoms with E-state index in [9.17, 15) is 23.9 Å². The molecule has 1 aliphatic heterocycles. The van der Waals surface area contributed by atoms with Gasteiger partial charge in [0.25, 0.3) is 5.91 Å². The number of amides is 2. The first kappa shape index (κ1) is 21.0. The number of ether oxygens (including phenoxy) is 1. The van der Waals surface area contributed by atoms with Gasteiger partial charge >= 0.3 is 5.97 Å². The van der Waals surface area contributed by atoms with Gasteiger partial charge in [0.1, 0.15) is 22.5 Å². The van der Waals surface area contributed by atoms with Crippen molar-refractivity contribution in [1.29, 1.82) is 0 Å². The number of rotatable bonds is 5.